The second kappa shape index (κ2) is 8.96. The van der Waals surface area contributed by atoms with Crippen molar-refractivity contribution in [2.75, 3.05) is 19.1 Å². The highest BCUT2D eigenvalue weighted by atomic mass is 35.5. The number of carbonyl (C=O) groups excluding carboxylic acids is 2. The minimum atomic E-state index is -1.06. The van der Waals surface area contributed by atoms with Gasteiger partial charge in [-0.3, -0.25) is 14.4 Å². The van der Waals surface area contributed by atoms with Gasteiger partial charge in [-0.15, -0.1) is 11.6 Å². The molecule has 0 fully saturated rings. The minimum absolute atomic E-state index is 0.0471. The van der Waals surface area contributed by atoms with E-state index in [-0.39, 0.29) is 38.4 Å². The zero-order valence-electron chi connectivity index (χ0n) is 8.61. The van der Waals surface area contributed by atoms with Crippen molar-refractivity contribution in [1.29, 1.82) is 0 Å². The molecule has 0 rings (SSSR count). The van der Waals surface area contributed by atoms with E-state index < -0.39 is 17.9 Å². The van der Waals surface area contributed by atoms with Crippen LogP contribution >= 0.6 is 11.6 Å². The van der Waals surface area contributed by atoms with Crippen LogP contribution in [0.4, 0.5) is 0 Å². The summed E-state index contributed by atoms with van der Waals surface area (Å²) in [6, 6.07) is 0. The van der Waals surface area contributed by atoms with E-state index in [1.54, 1.807) is 0 Å². The van der Waals surface area contributed by atoms with Crippen LogP contribution in [0.3, 0.4) is 0 Å². The number of esters is 2. The second-order valence-electron chi connectivity index (χ2n) is 2.77. The first-order chi connectivity index (χ1) is 7.56. The Balaban J connectivity index is 3.40. The standard InChI is InChI=1S/C9H13ClO6/c10-4-3-9(14)16-6-5-15-8(13)2-1-7(11)12/h1-6H2,(H,11,12). The predicted molar refractivity (Wildman–Crippen MR) is 54.1 cm³/mol. The van der Waals surface area contributed by atoms with Crippen molar-refractivity contribution in [1.82, 2.24) is 0 Å². The highest BCUT2D eigenvalue weighted by molar-refractivity contribution is 6.18. The van der Waals surface area contributed by atoms with Crippen molar-refractivity contribution < 1.29 is 29.0 Å². The lowest BCUT2D eigenvalue weighted by atomic mass is 10.3. The molecule has 0 aliphatic carbocycles. The SMILES string of the molecule is O=C(O)CCC(=O)OCCOC(=O)CCCl. The lowest BCUT2D eigenvalue weighted by Gasteiger charge is -2.04. The number of carboxylic acids is 1. The highest BCUT2D eigenvalue weighted by Crippen LogP contribution is 1.94. The van der Waals surface area contributed by atoms with Gasteiger partial charge in [0.15, 0.2) is 0 Å². The summed E-state index contributed by atoms with van der Waals surface area (Å²) in [5.74, 6) is -1.98. The molecule has 0 aromatic heterocycles. The molecule has 0 radical (unpaired) electrons. The van der Waals surface area contributed by atoms with E-state index in [0.29, 0.717) is 0 Å². The van der Waals surface area contributed by atoms with E-state index in [2.05, 4.69) is 9.47 Å². The van der Waals surface area contributed by atoms with E-state index in [9.17, 15) is 14.4 Å². The number of aliphatic carboxylic acids is 1. The number of halogens is 1. The molecule has 0 saturated heterocycles. The van der Waals surface area contributed by atoms with Crippen LogP contribution in [0.5, 0.6) is 0 Å². The number of carbonyl (C=O) groups is 3. The zero-order chi connectivity index (χ0) is 12.4. The molecule has 6 nitrogen and oxygen atoms in total. The van der Waals surface area contributed by atoms with E-state index in [4.69, 9.17) is 16.7 Å². The molecular weight excluding hydrogens is 240 g/mol. The molecule has 0 amide bonds. The van der Waals surface area contributed by atoms with Gasteiger partial charge in [0.05, 0.1) is 19.3 Å². The van der Waals surface area contributed by atoms with Gasteiger partial charge in [-0.25, -0.2) is 0 Å². The van der Waals surface area contributed by atoms with Crippen LogP contribution in [0, 0.1) is 0 Å². The maximum atomic E-state index is 10.9. The van der Waals surface area contributed by atoms with Gasteiger partial charge in [0.2, 0.25) is 0 Å². The molecule has 0 heterocycles. The number of hydrogen-bond donors (Lipinski definition) is 1. The molecule has 92 valence electrons. The molecule has 0 bridgehead atoms. The van der Waals surface area contributed by atoms with Crippen molar-refractivity contribution in [3.05, 3.63) is 0 Å². The fourth-order valence-corrected chi connectivity index (χ4v) is 0.896. The van der Waals surface area contributed by atoms with Crippen LogP contribution in [0.15, 0.2) is 0 Å². The normalized spacial score (nSPS) is 9.56. The van der Waals surface area contributed by atoms with Gasteiger partial charge in [-0.05, 0) is 0 Å². The van der Waals surface area contributed by atoms with Gasteiger partial charge in [0, 0.05) is 5.88 Å². The van der Waals surface area contributed by atoms with Crippen molar-refractivity contribution in [2.45, 2.75) is 19.3 Å². The summed E-state index contributed by atoms with van der Waals surface area (Å²) in [5.41, 5.74) is 0. The van der Waals surface area contributed by atoms with Gasteiger partial charge < -0.3 is 14.6 Å². The van der Waals surface area contributed by atoms with E-state index >= 15 is 0 Å². The van der Waals surface area contributed by atoms with Crippen LogP contribution in [-0.4, -0.2) is 42.1 Å². The summed E-state index contributed by atoms with van der Waals surface area (Å²) in [7, 11) is 0. The van der Waals surface area contributed by atoms with Gasteiger partial charge >= 0.3 is 17.9 Å². The lowest BCUT2D eigenvalue weighted by molar-refractivity contribution is -0.153. The Morgan fingerprint density at radius 1 is 0.938 bits per heavy atom. The van der Waals surface area contributed by atoms with E-state index in [1.165, 1.54) is 0 Å². The third-order valence-electron chi connectivity index (χ3n) is 1.45. The molecule has 1 N–H and O–H groups in total. The minimum Gasteiger partial charge on any atom is -0.481 e. The van der Waals surface area contributed by atoms with Gasteiger partial charge in [0.1, 0.15) is 13.2 Å². The summed E-state index contributed by atoms with van der Waals surface area (Å²) in [6.07, 6.45) is -0.357. The molecule has 0 unspecified atom stereocenters. The average Bonchev–Trinajstić information content (AvgIpc) is 2.22. The van der Waals surface area contributed by atoms with Crippen molar-refractivity contribution in [3.8, 4) is 0 Å². The molecule has 0 saturated carbocycles. The first-order valence-electron chi connectivity index (χ1n) is 4.65. The molecule has 0 aliphatic heterocycles. The number of ether oxygens (including phenoxy) is 2. The average molecular weight is 253 g/mol. The summed E-state index contributed by atoms with van der Waals surface area (Å²) < 4.78 is 9.25. The Morgan fingerprint density at radius 3 is 1.88 bits per heavy atom. The fourth-order valence-electron chi connectivity index (χ4n) is 0.741. The first kappa shape index (κ1) is 14.7. The lowest BCUT2D eigenvalue weighted by Crippen LogP contribution is -2.14. The fraction of sp³-hybridized carbons (Fsp3) is 0.667. The monoisotopic (exact) mass is 252 g/mol. The predicted octanol–water partition coefficient (Wildman–Crippen LogP) is 0.566. The Morgan fingerprint density at radius 2 is 1.44 bits per heavy atom. The number of hydrogen-bond acceptors (Lipinski definition) is 5. The van der Waals surface area contributed by atoms with Gasteiger partial charge in [-0.2, -0.15) is 0 Å². The quantitative estimate of drug-likeness (QED) is 0.386. The van der Waals surface area contributed by atoms with Crippen LogP contribution < -0.4 is 0 Å². The summed E-state index contributed by atoms with van der Waals surface area (Å²) in [4.78, 5) is 31.8. The maximum absolute atomic E-state index is 10.9. The Kier molecular flexibility index (Phi) is 8.24. The molecule has 0 aliphatic rings. The van der Waals surface area contributed by atoms with Crippen LogP contribution in [0.1, 0.15) is 19.3 Å². The summed E-state index contributed by atoms with van der Waals surface area (Å²) >= 11 is 5.29. The number of rotatable bonds is 8. The summed E-state index contributed by atoms with van der Waals surface area (Å²) in [5, 5.41) is 8.28. The van der Waals surface area contributed by atoms with Crippen LogP contribution in [-0.2, 0) is 23.9 Å². The molecule has 0 aromatic carbocycles. The van der Waals surface area contributed by atoms with Crippen LogP contribution in [0.2, 0.25) is 0 Å². The van der Waals surface area contributed by atoms with Crippen molar-refractivity contribution in [2.24, 2.45) is 0 Å². The smallest absolute Gasteiger partial charge is 0.307 e. The van der Waals surface area contributed by atoms with Crippen molar-refractivity contribution >= 4 is 29.5 Å². The molecule has 7 heteroatoms. The van der Waals surface area contributed by atoms with Crippen LogP contribution in [0.25, 0.3) is 0 Å². The summed E-state index contributed by atoms with van der Waals surface area (Å²) in [6.45, 7) is -0.124. The third kappa shape index (κ3) is 9.26. The largest absolute Gasteiger partial charge is 0.481 e. The maximum Gasteiger partial charge on any atom is 0.307 e. The Labute approximate surface area is 97.5 Å². The zero-order valence-corrected chi connectivity index (χ0v) is 9.36. The Bertz CT molecular complexity index is 252. The van der Waals surface area contributed by atoms with Crippen molar-refractivity contribution in [3.63, 3.8) is 0 Å². The van der Waals surface area contributed by atoms with Gasteiger partial charge in [0.25, 0.3) is 0 Å². The van der Waals surface area contributed by atoms with E-state index in [0.717, 1.165) is 0 Å². The molecule has 16 heavy (non-hydrogen) atoms. The first-order valence-corrected chi connectivity index (χ1v) is 5.18. The van der Waals surface area contributed by atoms with Gasteiger partial charge in [-0.1, -0.05) is 0 Å². The third-order valence-corrected chi connectivity index (χ3v) is 1.64. The second-order valence-corrected chi connectivity index (χ2v) is 3.15. The number of alkyl halides is 1. The number of carboxylic acid groups (broad SMARTS) is 1. The van der Waals surface area contributed by atoms with E-state index in [1.807, 2.05) is 0 Å². The topological polar surface area (TPSA) is 89.9 Å². The molecule has 0 atom stereocenters. The molecule has 0 aromatic rings. The molecular formula is C9H13ClO6. The highest BCUT2D eigenvalue weighted by Gasteiger charge is 2.07. The Hall–Kier alpha value is -1.30. The molecule has 0 spiro atoms.